The summed E-state index contributed by atoms with van der Waals surface area (Å²) in [6, 6.07) is 2.78. The molecule has 1 aromatic rings. The van der Waals surface area contributed by atoms with Crippen LogP contribution in [0.4, 0.5) is 4.79 Å². The first-order valence-corrected chi connectivity index (χ1v) is 9.03. The summed E-state index contributed by atoms with van der Waals surface area (Å²) in [5.74, 6) is -0.220. The minimum Gasteiger partial charge on any atom is -0.486 e. The third-order valence-corrected chi connectivity index (χ3v) is 4.24. The number of halogens is 1. The molecule has 0 aliphatic carbocycles. The van der Waals surface area contributed by atoms with Crippen molar-refractivity contribution in [3.8, 4) is 11.5 Å². The Labute approximate surface area is 165 Å². The summed E-state index contributed by atoms with van der Waals surface area (Å²) in [7, 11) is 0. The van der Waals surface area contributed by atoms with Gasteiger partial charge in [-0.25, -0.2) is 9.59 Å². The normalized spacial score (nSPS) is 15.4. The molecule has 2 aliphatic heterocycles. The summed E-state index contributed by atoms with van der Waals surface area (Å²) in [5, 5.41) is 5.29. The van der Waals surface area contributed by atoms with Gasteiger partial charge in [-0.3, -0.25) is 4.79 Å². The van der Waals surface area contributed by atoms with Crippen LogP contribution in [0, 0.1) is 0 Å². The Balaban J connectivity index is 1.65. The fourth-order valence-corrected chi connectivity index (χ4v) is 2.99. The molecule has 9 nitrogen and oxygen atoms in total. The maximum Gasteiger partial charge on any atom is 0.337 e. The topological polar surface area (TPSA) is 112 Å². The second kappa shape index (κ2) is 8.83. The van der Waals surface area contributed by atoms with E-state index in [9.17, 15) is 14.4 Å². The number of nitrogens with one attached hydrogen (secondary N) is 2. The van der Waals surface area contributed by atoms with Crippen LogP contribution in [-0.4, -0.2) is 50.9 Å². The summed E-state index contributed by atoms with van der Waals surface area (Å²) in [6.07, 6.45) is -0.0649. The van der Waals surface area contributed by atoms with Gasteiger partial charge >= 0.3 is 18.0 Å². The van der Waals surface area contributed by atoms with E-state index in [0.717, 1.165) is 0 Å². The molecular formula is C18H19ClN2O7. The number of fused-ring (bicyclic) bond motifs is 1. The molecule has 150 valence electrons. The summed E-state index contributed by atoms with van der Waals surface area (Å²) < 4.78 is 21.1. The highest BCUT2D eigenvalue weighted by molar-refractivity contribution is 6.32. The Morgan fingerprint density at radius 2 is 2.00 bits per heavy atom. The van der Waals surface area contributed by atoms with Gasteiger partial charge in [-0.1, -0.05) is 11.6 Å². The van der Waals surface area contributed by atoms with Gasteiger partial charge in [0.15, 0.2) is 11.5 Å². The van der Waals surface area contributed by atoms with Crippen LogP contribution in [0.3, 0.4) is 0 Å². The van der Waals surface area contributed by atoms with E-state index >= 15 is 0 Å². The Bertz CT molecular complexity index is 837. The van der Waals surface area contributed by atoms with Gasteiger partial charge in [0.1, 0.15) is 19.8 Å². The van der Waals surface area contributed by atoms with E-state index in [-0.39, 0.29) is 37.4 Å². The molecule has 10 heteroatoms. The Morgan fingerprint density at radius 3 is 2.79 bits per heavy atom. The van der Waals surface area contributed by atoms with Crippen LogP contribution in [0.5, 0.6) is 11.5 Å². The minimum atomic E-state index is -0.584. The van der Waals surface area contributed by atoms with Crippen molar-refractivity contribution < 1.29 is 33.3 Å². The average Bonchev–Trinajstić information content (AvgIpc) is 2.66. The second-order valence-corrected chi connectivity index (χ2v) is 6.33. The third kappa shape index (κ3) is 4.66. The Hall–Kier alpha value is -2.94. The van der Waals surface area contributed by atoms with E-state index in [1.54, 1.807) is 19.1 Å². The number of rotatable bonds is 6. The molecule has 2 amide bonds. The molecule has 0 saturated heterocycles. The largest absolute Gasteiger partial charge is 0.486 e. The number of hydrogen-bond donors (Lipinski definition) is 2. The zero-order valence-corrected chi connectivity index (χ0v) is 15.9. The number of carbonyl (C=O) groups excluding carboxylic acids is 3. The molecular weight excluding hydrogens is 392 g/mol. The van der Waals surface area contributed by atoms with E-state index in [1.807, 2.05) is 0 Å². The average molecular weight is 411 g/mol. The van der Waals surface area contributed by atoms with Crippen LogP contribution in [0.1, 0.15) is 12.5 Å². The quantitative estimate of drug-likeness (QED) is 0.680. The first-order valence-electron chi connectivity index (χ1n) is 8.65. The second-order valence-electron chi connectivity index (χ2n) is 5.92. The van der Waals surface area contributed by atoms with Crippen molar-refractivity contribution in [1.29, 1.82) is 0 Å². The van der Waals surface area contributed by atoms with Crippen molar-refractivity contribution >= 4 is 29.6 Å². The highest BCUT2D eigenvalue weighted by Crippen LogP contribution is 2.38. The predicted octanol–water partition coefficient (Wildman–Crippen LogP) is 1.33. The molecule has 3 rings (SSSR count). The molecule has 0 fully saturated rings. The van der Waals surface area contributed by atoms with Crippen molar-refractivity contribution in [2.45, 2.75) is 13.3 Å². The SMILES string of the molecule is CCOC(=O)C1=C(COC(=O)Cc2cc(Cl)c3c(c2)OCCO3)NC(=O)NC1. The minimum absolute atomic E-state index is 0.00464. The van der Waals surface area contributed by atoms with Crippen LogP contribution in [0.2, 0.25) is 5.02 Å². The monoisotopic (exact) mass is 410 g/mol. The summed E-state index contributed by atoms with van der Waals surface area (Å²) in [4.78, 5) is 35.7. The van der Waals surface area contributed by atoms with Crippen molar-refractivity contribution in [2.75, 3.05) is 33.0 Å². The van der Waals surface area contributed by atoms with E-state index < -0.39 is 18.0 Å². The van der Waals surface area contributed by atoms with Gasteiger partial charge in [0.2, 0.25) is 0 Å². The van der Waals surface area contributed by atoms with Crippen LogP contribution < -0.4 is 20.1 Å². The number of hydrogen-bond acceptors (Lipinski definition) is 7. The van der Waals surface area contributed by atoms with E-state index in [1.165, 1.54) is 0 Å². The number of esters is 2. The maximum absolute atomic E-state index is 12.2. The lowest BCUT2D eigenvalue weighted by Crippen LogP contribution is -2.45. The predicted molar refractivity (Wildman–Crippen MR) is 97.3 cm³/mol. The van der Waals surface area contributed by atoms with Crippen LogP contribution >= 0.6 is 11.6 Å². The number of amides is 2. The van der Waals surface area contributed by atoms with Crippen molar-refractivity contribution in [1.82, 2.24) is 10.6 Å². The molecule has 0 unspecified atom stereocenters. The van der Waals surface area contributed by atoms with E-state index in [4.69, 9.17) is 30.5 Å². The smallest absolute Gasteiger partial charge is 0.337 e. The third-order valence-electron chi connectivity index (χ3n) is 3.96. The maximum atomic E-state index is 12.2. The molecule has 2 aliphatic rings. The van der Waals surface area contributed by atoms with Crippen molar-refractivity contribution in [3.05, 3.63) is 34.0 Å². The first kappa shape index (κ1) is 19.8. The van der Waals surface area contributed by atoms with Gasteiger partial charge in [0.25, 0.3) is 0 Å². The number of ether oxygens (including phenoxy) is 4. The molecule has 0 aromatic heterocycles. The molecule has 2 N–H and O–H groups in total. The number of carbonyl (C=O) groups is 3. The van der Waals surface area contributed by atoms with Gasteiger partial charge in [-0.15, -0.1) is 0 Å². The van der Waals surface area contributed by atoms with Gasteiger partial charge in [-0.2, -0.15) is 0 Å². The molecule has 0 saturated carbocycles. The summed E-state index contributed by atoms with van der Waals surface area (Å²) in [6.45, 7) is 2.40. The van der Waals surface area contributed by atoms with Gasteiger partial charge in [-0.05, 0) is 24.6 Å². The zero-order chi connectivity index (χ0) is 20.1. The summed E-state index contributed by atoms with van der Waals surface area (Å²) in [5.41, 5.74) is 0.987. The van der Waals surface area contributed by atoms with E-state index in [0.29, 0.717) is 35.3 Å². The fourth-order valence-electron chi connectivity index (χ4n) is 2.71. The lowest BCUT2D eigenvalue weighted by Gasteiger charge is -2.21. The first-order chi connectivity index (χ1) is 13.5. The summed E-state index contributed by atoms with van der Waals surface area (Å²) >= 11 is 6.16. The number of urea groups is 1. The lowest BCUT2D eigenvalue weighted by atomic mass is 10.1. The van der Waals surface area contributed by atoms with Gasteiger partial charge < -0.3 is 29.6 Å². The molecule has 1 aromatic carbocycles. The highest BCUT2D eigenvalue weighted by atomic mass is 35.5. The number of benzene rings is 1. The Kier molecular flexibility index (Phi) is 6.25. The standard InChI is InChI=1S/C18H19ClN2O7/c1-2-25-17(23)11-8-20-18(24)21-13(11)9-28-15(22)7-10-5-12(19)16-14(6-10)26-3-4-27-16/h5-6H,2-4,7-9H2,1H3,(H2,20,21,24). The fraction of sp³-hybridized carbons (Fsp3) is 0.389. The van der Waals surface area contributed by atoms with E-state index in [2.05, 4.69) is 10.6 Å². The zero-order valence-electron chi connectivity index (χ0n) is 15.1. The van der Waals surface area contributed by atoms with Gasteiger partial charge in [0.05, 0.1) is 35.9 Å². The molecule has 0 atom stereocenters. The molecule has 0 radical (unpaired) electrons. The molecule has 28 heavy (non-hydrogen) atoms. The lowest BCUT2D eigenvalue weighted by molar-refractivity contribution is -0.143. The van der Waals surface area contributed by atoms with Crippen LogP contribution in [-0.2, 0) is 25.5 Å². The molecule has 0 bridgehead atoms. The van der Waals surface area contributed by atoms with Gasteiger partial charge in [0, 0.05) is 0 Å². The van der Waals surface area contributed by atoms with Crippen LogP contribution in [0.15, 0.2) is 23.4 Å². The van der Waals surface area contributed by atoms with Crippen molar-refractivity contribution in [2.24, 2.45) is 0 Å². The highest BCUT2D eigenvalue weighted by Gasteiger charge is 2.25. The molecule has 2 heterocycles. The van der Waals surface area contributed by atoms with Crippen molar-refractivity contribution in [3.63, 3.8) is 0 Å². The Morgan fingerprint density at radius 1 is 1.21 bits per heavy atom. The molecule has 0 spiro atoms. The van der Waals surface area contributed by atoms with Crippen LogP contribution in [0.25, 0.3) is 0 Å².